The van der Waals surface area contributed by atoms with Crippen LogP contribution in [-0.4, -0.2) is 16.1 Å². The first-order valence-electron chi connectivity index (χ1n) is 6.19. The number of rotatable bonds is 5. The van der Waals surface area contributed by atoms with Gasteiger partial charge in [0.1, 0.15) is 10.8 Å². The number of halogens is 2. The third-order valence-electron chi connectivity index (χ3n) is 2.62. The molecule has 0 saturated carbocycles. The molecule has 0 aliphatic carbocycles. The minimum absolute atomic E-state index is 0.0678. The van der Waals surface area contributed by atoms with E-state index in [1.807, 2.05) is 0 Å². The summed E-state index contributed by atoms with van der Waals surface area (Å²) in [5, 5.41) is 11.6. The lowest BCUT2D eigenvalue weighted by Gasteiger charge is -2.04. The third-order valence-corrected chi connectivity index (χ3v) is 3.83. The molecule has 0 aliphatic rings. The number of aromatic nitrogens is 2. The number of carbonyl (C=O) groups excluding carboxylic acids is 1. The second-order valence-corrected chi connectivity index (χ2v) is 5.62. The van der Waals surface area contributed by atoms with Gasteiger partial charge in [-0.2, -0.15) is 0 Å². The molecule has 0 spiro atoms. The zero-order chi connectivity index (χ0) is 14.5. The van der Waals surface area contributed by atoms with E-state index < -0.39 is 11.7 Å². The molecular formula is C13H13ClFN3OS. The van der Waals surface area contributed by atoms with Gasteiger partial charge in [0.05, 0.1) is 10.6 Å². The smallest absolute Gasteiger partial charge is 0.261 e. The molecule has 1 N–H and O–H groups in total. The van der Waals surface area contributed by atoms with E-state index >= 15 is 0 Å². The van der Waals surface area contributed by atoms with Crippen molar-refractivity contribution in [3.05, 3.63) is 39.6 Å². The highest BCUT2D eigenvalue weighted by Gasteiger charge is 2.17. The fraction of sp³-hybridized carbons (Fsp3) is 0.308. The quantitative estimate of drug-likeness (QED) is 0.910. The van der Waals surface area contributed by atoms with Gasteiger partial charge in [-0.05, 0) is 18.6 Å². The first-order chi connectivity index (χ1) is 9.61. The van der Waals surface area contributed by atoms with E-state index in [9.17, 15) is 9.18 Å². The van der Waals surface area contributed by atoms with Crippen molar-refractivity contribution in [1.82, 2.24) is 10.2 Å². The Labute approximate surface area is 125 Å². The van der Waals surface area contributed by atoms with Gasteiger partial charge in [-0.25, -0.2) is 4.39 Å². The van der Waals surface area contributed by atoms with Crippen LogP contribution in [0.15, 0.2) is 18.2 Å². The summed E-state index contributed by atoms with van der Waals surface area (Å²) in [6.07, 6.45) is 2.90. The molecule has 7 heteroatoms. The molecular weight excluding hydrogens is 301 g/mol. The average Bonchev–Trinajstić information content (AvgIpc) is 2.83. The van der Waals surface area contributed by atoms with E-state index in [1.165, 1.54) is 29.5 Å². The van der Waals surface area contributed by atoms with Crippen molar-refractivity contribution < 1.29 is 9.18 Å². The van der Waals surface area contributed by atoms with E-state index in [4.69, 9.17) is 11.6 Å². The van der Waals surface area contributed by atoms with Crippen molar-refractivity contribution in [2.24, 2.45) is 0 Å². The first kappa shape index (κ1) is 14.9. The Morgan fingerprint density at radius 1 is 1.45 bits per heavy atom. The van der Waals surface area contributed by atoms with Crippen LogP contribution in [0.25, 0.3) is 0 Å². The van der Waals surface area contributed by atoms with E-state index in [2.05, 4.69) is 22.4 Å². The predicted molar refractivity (Wildman–Crippen MR) is 77.9 cm³/mol. The topological polar surface area (TPSA) is 54.9 Å². The van der Waals surface area contributed by atoms with Crippen LogP contribution in [0.3, 0.4) is 0 Å². The Hall–Kier alpha value is -1.53. The summed E-state index contributed by atoms with van der Waals surface area (Å²) in [5.74, 6) is -1.28. The molecule has 1 aromatic heterocycles. The van der Waals surface area contributed by atoms with E-state index in [1.54, 1.807) is 0 Å². The minimum Gasteiger partial charge on any atom is -0.296 e. The predicted octanol–water partition coefficient (Wildman–Crippen LogP) is 3.93. The summed E-state index contributed by atoms with van der Waals surface area (Å²) in [5.41, 5.74) is -0.181. The number of anilines is 1. The van der Waals surface area contributed by atoms with Gasteiger partial charge in [0, 0.05) is 6.42 Å². The number of unbranched alkanes of at least 4 members (excludes halogenated alkanes) is 1. The number of carbonyl (C=O) groups is 1. The van der Waals surface area contributed by atoms with Crippen LogP contribution in [0.5, 0.6) is 0 Å². The fourth-order valence-corrected chi connectivity index (χ4v) is 2.63. The molecule has 1 heterocycles. The summed E-state index contributed by atoms with van der Waals surface area (Å²) in [6, 6.07) is 4.10. The lowest BCUT2D eigenvalue weighted by molar-refractivity contribution is 0.102. The summed E-state index contributed by atoms with van der Waals surface area (Å²) in [7, 11) is 0. The van der Waals surface area contributed by atoms with Gasteiger partial charge >= 0.3 is 0 Å². The lowest BCUT2D eigenvalue weighted by Crippen LogP contribution is -2.14. The SMILES string of the molecule is CCCCc1nnc(NC(=O)c2c(F)cccc2Cl)s1. The number of benzene rings is 1. The maximum Gasteiger partial charge on any atom is 0.261 e. The van der Waals surface area contributed by atoms with Crippen LogP contribution in [0, 0.1) is 5.82 Å². The maximum absolute atomic E-state index is 13.6. The van der Waals surface area contributed by atoms with Crippen molar-refractivity contribution in [1.29, 1.82) is 0 Å². The van der Waals surface area contributed by atoms with Crippen LogP contribution in [0.2, 0.25) is 5.02 Å². The molecule has 0 fully saturated rings. The van der Waals surface area contributed by atoms with Crippen LogP contribution in [-0.2, 0) is 6.42 Å². The zero-order valence-electron chi connectivity index (χ0n) is 10.8. The van der Waals surface area contributed by atoms with Gasteiger partial charge in [0.15, 0.2) is 0 Å². The molecule has 20 heavy (non-hydrogen) atoms. The highest BCUT2D eigenvalue weighted by atomic mass is 35.5. The monoisotopic (exact) mass is 313 g/mol. The molecule has 2 aromatic rings. The number of amides is 1. The Morgan fingerprint density at radius 2 is 2.25 bits per heavy atom. The van der Waals surface area contributed by atoms with Crippen molar-refractivity contribution >= 4 is 34.0 Å². The Morgan fingerprint density at radius 3 is 2.95 bits per heavy atom. The summed E-state index contributed by atoms with van der Waals surface area (Å²) < 4.78 is 13.6. The molecule has 0 radical (unpaired) electrons. The highest BCUT2D eigenvalue weighted by molar-refractivity contribution is 7.15. The van der Waals surface area contributed by atoms with Crippen molar-refractivity contribution in [2.75, 3.05) is 5.32 Å². The number of hydrogen-bond donors (Lipinski definition) is 1. The molecule has 1 amide bonds. The number of nitrogens with zero attached hydrogens (tertiary/aromatic N) is 2. The van der Waals surface area contributed by atoms with Crippen molar-refractivity contribution in [3.8, 4) is 0 Å². The Balaban J connectivity index is 2.10. The van der Waals surface area contributed by atoms with E-state index in [0.717, 1.165) is 24.3 Å². The summed E-state index contributed by atoms with van der Waals surface area (Å²) in [6.45, 7) is 2.09. The standard InChI is InChI=1S/C13H13ClFN3OS/c1-2-3-7-10-17-18-13(20-10)16-12(19)11-8(14)5-4-6-9(11)15/h4-6H,2-3,7H2,1H3,(H,16,18,19). The molecule has 0 atom stereocenters. The highest BCUT2D eigenvalue weighted by Crippen LogP contribution is 2.22. The van der Waals surface area contributed by atoms with Gasteiger partial charge in [0.2, 0.25) is 5.13 Å². The van der Waals surface area contributed by atoms with Crippen molar-refractivity contribution in [3.63, 3.8) is 0 Å². The van der Waals surface area contributed by atoms with Gasteiger partial charge in [0.25, 0.3) is 5.91 Å². The Kier molecular flexibility index (Phi) is 5.03. The Bertz CT molecular complexity index is 597. The fourth-order valence-electron chi connectivity index (χ4n) is 1.61. The minimum atomic E-state index is -0.661. The van der Waals surface area contributed by atoms with Gasteiger partial charge in [-0.1, -0.05) is 42.3 Å². The third kappa shape index (κ3) is 3.52. The largest absolute Gasteiger partial charge is 0.296 e. The van der Waals surface area contributed by atoms with E-state index in [-0.39, 0.29) is 10.6 Å². The molecule has 1 aromatic carbocycles. The van der Waals surface area contributed by atoms with Crippen LogP contribution in [0.1, 0.15) is 35.1 Å². The number of aryl methyl sites for hydroxylation is 1. The molecule has 0 bridgehead atoms. The first-order valence-corrected chi connectivity index (χ1v) is 7.39. The maximum atomic E-state index is 13.6. The molecule has 106 valence electrons. The average molecular weight is 314 g/mol. The summed E-state index contributed by atoms with van der Waals surface area (Å²) in [4.78, 5) is 12.0. The molecule has 0 aliphatic heterocycles. The second kappa shape index (κ2) is 6.76. The molecule has 0 saturated heterocycles. The van der Waals surface area contributed by atoms with Crippen LogP contribution < -0.4 is 5.32 Å². The molecule has 4 nitrogen and oxygen atoms in total. The van der Waals surface area contributed by atoms with Gasteiger partial charge < -0.3 is 0 Å². The second-order valence-electron chi connectivity index (χ2n) is 4.16. The van der Waals surface area contributed by atoms with Crippen LogP contribution >= 0.6 is 22.9 Å². The molecule has 0 unspecified atom stereocenters. The molecule has 2 rings (SSSR count). The number of nitrogens with one attached hydrogen (secondary N) is 1. The number of hydrogen-bond acceptors (Lipinski definition) is 4. The normalized spacial score (nSPS) is 10.6. The van der Waals surface area contributed by atoms with Crippen LogP contribution in [0.4, 0.5) is 9.52 Å². The summed E-state index contributed by atoms with van der Waals surface area (Å²) >= 11 is 7.12. The lowest BCUT2D eigenvalue weighted by atomic mass is 10.2. The van der Waals surface area contributed by atoms with Crippen molar-refractivity contribution in [2.45, 2.75) is 26.2 Å². The zero-order valence-corrected chi connectivity index (χ0v) is 12.4. The van der Waals surface area contributed by atoms with Gasteiger partial charge in [-0.3, -0.25) is 10.1 Å². The van der Waals surface area contributed by atoms with E-state index in [0.29, 0.717) is 5.13 Å². The van der Waals surface area contributed by atoms with Gasteiger partial charge in [-0.15, -0.1) is 10.2 Å².